The fourth-order valence-electron chi connectivity index (χ4n) is 2.47. The summed E-state index contributed by atoms with van der Waals surface area (Å²) in [6, 6.07) is 15.5. The second-order valence-corrected chi connectivity index (χ2v) is 7.70. The highest BCUT2D eigenvalue weighted by molar-refractivity contribution is 7.99. The second-order valence-electron chi connectivity index (χ2n) is 5.92. The molecule has 4 rings (SSSR count). The van der Waals surface area contributed by atoms with Crippen LogP contribution in [0.5, 0.6) is 0 Å². The molecule has 0 aliphatic carbocycles. The molecule has 2 heterocycles. The smallest absolute Gasteiger partial charge is 0.277 e. The monoisotopic (exact) mass is 439 g/mol. The van der Waals surface area contributed by atoms with Crippen LogP contribution in [0.2, 0.25) is 0 Å². The molecule has 2 aromatic heterocycles. The number of hydrogen-bond donors (Lipinski definition) is 1. The number of aromatic nitrogens is 3. The number of thioether (sulfide) groups is 1. The molecule has 0 fully saturated rings. The van der Waals surface area contributed by atoms with Gasteiger partial charge in [-0.3, -0.25) is 14.9 Å². The second kappa shape index (κ2) is 8.84. The minimum Gasteiger partial charge on any atom is -0.411 e. The van der Waals surface area contributed by atoms with E-state index in [0.29, 0.717) is 10.7 Å². The number of non-ortho nitro benzene ring substituents is 1. The molecule has 0 spiro atoms. The fraction of sp³-hybridized carbons (Fsp3) is 0.0526. The van der Waals surface area contributed by atoms with Gasteiger partial charge in [0.25, 0.3) is 10.9 Å². The van der Waals surface area contributed by atoms with Gasteiger partial charge in [-0.1, -0.05) is 42.1 Å². The summed E-state index contributed by atoms with van der Waals surface area (Å²) in [5.41, 5.74) is 2.31. The summed E-state index contributed by atoms with van der Waals surface area (Å²) >= 11 is 2.44. The Balaban J connectivity index is 1.32. The lowest BCUT2D eigenvalue weighted by molar-refractivity contribution is -0.384. The summed E-state index contributed by atoms with van der Waals surface area (Å²) in [6.45, 7) is 0. The number of benzene rings is 2. The Hall–Kier alpha value is -3.57. The number of nitrogens with zero attached hydrogens (tertiary/aromatic N) is 4. The van der Waals surface area contributed by atoms with Crippen molar-refractivity contribution in [3.63, 3.8) is 0 Å². The van der Waals surface area contributed by atoms with Gasteiger partial charge in [-0.2, -0.15) is 0 Å². The van der Waals surface area contributed by atoms with Crippen LogP contribution in [0.4, 0.5) is 10.8 Å². The molecule has 4 aromatic rings. The molecule has 0 unspecified atom stereocenters. The summed E-state index contributed by atoms with van der Waals surface area (Å²) < 4.78 is 5.51. The van der Waals surface area contributed by atoms with E-state index in [1.165, 1.54) is 35.6 Å². The normalized spacial score (nSPS) is 10.7. The molecule has 30 heavy (non-hydrogen) atoms. The van der Waals surface area contributed by atoms with Gasteiger partial charge in [0, 0.05) is 28.6 Å². The van der Waals surface area contributed by atoms with Gasteiger partial charge >= 0.3 is 0 Å². The lowest BCUT2D eigenvalue weighted by atomic mass is 10.2. The molecule has 0 aliphatic rings. The van der Waals surface area contributed by atoms with Crippen molar-refractivity contribution >= 4 is 39.8 Å². The quantitative estimate of drug-likeness (QED) is 0.254. The first kappa shape index (κ1) is 19.7. The van der Waals surface area contributed by atoms with Crippen LogP contribution in [-0.2, 0) is 4.79 Å². The first-order chi connectivity index (χ1) is 14.6. The lowest BCUT2D eigenvalue weighted by Gasteiger charge is -1.99. The summed E-state index contributed by atoms with van der Waals surface area (Å²) in [5, 5.41) is 23.9. The highest BCUT2D eigenvalue weighted by Crippen LogP contribution is 2.26. The third kappa shape index (κ3) is 4.70. The van der Waals surface area contributed by atoms with Crippen molar-refractivity contribution in [1.29, 1.82) is 0 Å². The van der Waals surface area contributed by atoms with Crippen LogP contribution < -0.4 is 5.32 Å². The number of nitro benzene ring substituents is 1. The maximum atomic E-state index is 12.2. The summed E-state index contributed by atoms with van der Waals surface area (Å²) in [7, 11) is 0. The first-order valence-corrected chi connectivity index (χ1v) is 10.5. The minimum absolute atomic E-state index is 0.0258. The summed E-state index contributed by atoms with van der Waals surface area (Å²) in [4.78, 5) is 26.8. The van der Waals surface area contributed by atoms with Crippen LogP contribution in [-0.4, -0.2) is 31.8 Å². The molecular formula is C19H13N5O4S2. The van der Waals surface area contributed by atoms with Crippen LogP contribution >= 0.6 is 23.1 Å². The zero-order valence-electron chi connectivity index (χ0n) is 15.2. The van der Waals surface area contributed by atoms with E-state index < -0.39 is 4.92 Å². The van der Waals surface area contributed by atoms with Gasteiger partial charge in [0.2, 0.25) is 11.8 Å². The number of hydrogen-bond acceptors (Lipinski definition) is 9. The standard InChI is InChI=1S/C19H13N5O4S2/c25-16(21-18-20-15(10-29-18)12-4-2-1-3-5-12)11-30-19-23-22-17(28-19)13-6-8-14(9-7-13)24(26)27/h1-10H,11H2,(H,20,21,25). The zero-order valence-corrected chi connectivity index (χ0v) is 16.9. The average Bonchev–Trinajstić information content (AvgIpc) is 3.43. The van der Waals surface area contributed by atoms with Crippen molar-refractivity contribution < 1.29 is 14.1 Å². The van der Waals surface area contributed by atoms with Gasteiger partial charge in [-0.05, 0) is 12.1 Å². The molecule has 0 atom stereocenters. The van der Waals surface area contributed by atoms with Crippen LogP contribution in [0.1, 0.15) is 0 Å². The van der Waals surface area contributed by atoms with Crippen molar-refractivity contribution in [3.8, 4) is 22.7 Å². The van der Waals surface area contributed by atoms with E-state index in [-0.39, 0.29) is 28.5 Å². The average molecular weight is 439 g/mol. The number of thiazole rings is 1. The van der Waals surface area contributed by atoms with Crippen LogP contribution in [0.25, 0.3) is 22.7 Å². The van der Waals surface area contributed by atoms with Crippen molar-refractivity contribution in [1.82, 2.24) is 15.2 Å². The van der Waals surface area contributed by atoms with E-state index in [4.69, 9.17) is 4.42 Å². The van der Waals surface area contributed by atoms with Crippen molar-refractivity contribution in [2.24, 2.45) is 0 Å². The van der Waals surface area contributed by atoms with Crippen LogP contribution in [0.3, 0.4) is 0 Å². The molecular weight excluding hydrogens is 426 g/mol. The predicted octanol–water partition coefficient (Wildman–Crippen LogP) is 4.50. The molecule has 0 aliphatic heterocycles. The maximum absolute atomic E-state index is 12.2. The van der Waals surface area contributed by atoms with E-state index in [1.807, 2.05) is 35.7 Å². The molecule has 11 heteroatoms. The third-order valence-corrected chi connectivity index (χ3v) is 5.45. The fourth-order valence-corrected chi connectivity index (χ4v) is 3.76. The van der Waals surface area contributed by atoms with Crippen LogP contribution in [0.15, 0.2) is 69.6 Å². The molecule has 1 N–H and O–H groups in total. The molecule has 0 bridgehead atoms. The Kier molecular flexibility index (Phi) is 5.82. The lowest BCUT2D eigenvalue weighted by Crippen LogP contribution is -2.13. The largest absolute Gasteiger partial charge is 0.411 e. The third-order valence-electron chi connectivity index (χ3n) is 3.88. The zero-order chi connectivity index (χ0) is 20.9. The molecule has 0 radical (unpaired) electrons. The summed E-state index contributed by atoms with van der Waals surface area (Å²) in [5.74, 6) is 0.0478. The Labute approximate surface area is 178 Å². The molecule has 150 valence electrons. The Bertz CT molecular complexity index is 1180. The number of nitrogens with one attached hydrogen (secondary N) is 1. The Morgan fingerprint density at radius 3 is 2.60 bits per heavy atom. The van der Waals surface area contributed by atoms with Gasteiger partial charge in [0.15, 0.2) is 5.13 Å². The maximum Gasteiger partial charge on any atom is 0.277 e. The van der Waals surface area contributed by atoms with Gasteiger partial charge in [-0.15, -0.1) is 21.5 Å². The molecule has 0 saturated carbocycles. The number of carbonyl (C=O) groups excluding carboxylic acids is 1. The van der Waals surface area contributed by atoms with E-state index in [2.05, 4.69) is 20.5 Å². The molecule has 9 nitrogen and oxygen atoms in total. The first-order valence-electron chi connectivity index (χ1n) is 8.60. The number of nitro groups is 1. The predicted molar refractivity (Wildman–Crippen MR) is 113 cm³/mol. The van der Waals surface area contributed by atoms with E-state index >= 15 is 0 Å². The molecule has 0 saturated heterocycles. The van der Waals surface area contributed by atoms with Crippen molar-refractivity contribution in [3.05, 3.63) is 70.1 Å². The summed E-state index contributed by atoms with van der Waals surface area (Å²) in [6.07, 6.45) is 0. The number of carbonyl (C=O) groups is 1. The van der Waals surface area contributed by atoms with Gasteiger partial charge < -0.3 is 9.73 Å². The number of anilines is 1. The highest BCUT2D eigenvalue weighted by atomic mass is 32.2. The Morgan fingerprint density at radius 1 is 1.10 bits per heavy atom. The van der Waals surface area contributed by atoms with Crippen molar-refractivity contribution in [2.45, 2.75) is 5.22 Å². The number of amides is 1. The minimum atomic E-state index is -0.483. The van der Waals surface area contributed by atoms with E-state index in [0.717, 1.165) is 23.0 Å². The van der Waals surface area contributed by atoms with E-state index in [1.54, 1.807) is 0 Å². The Morgan fingerprint density at radius 2 is 1.87 bits per heavy atom. The molecule has 1 amide bonds. The van der Waals surface area contributed by atoms with Crippen LogP contribution in [0, 0.1) is 10.1 Å². The van der Waals surface area contributed by atoms with E-state index in [9.17, 15) is 14.9 Å². The topological polar surface area (TPSA) is 124 Å². The van der Waals surface area contributed by atoms with Gasteiger partial charge in [0.05, 0.1) is 16.4 Å². The highest BCUT2D eigenvalue weighted by Gasteiger charge is 2.14. The molecule has 2 aromatic carbocycles. The number of rotatable bonds is 7. The van der Waals surface area contributed by atoms with Gasteiger partial charge in [-0.25, -0.2) is 4.98 Å². The van der Waals surface area contributed by atoms with Crippen molar-refractivity contribution in [2.75, 3.05) is 11.1 Å². The SMILES string of the molecule is O=C(CSc1nnc(-c2ccc([N+](=O)[O-])cc2)o1)Nc1nc(-c2ccccc2)cs1. The van der Waals surface area contributed by atoms with Gasteiger partial charge in [0.1, 0.15) is 0 Å².